The molecule has 138 valence electrons. The van der Waals surface area contributed by atoms with Gasteiger partial charge in [-0.15, -0.1) is 5.48 Å². The van der Waals surface area contributed by atoms with E-state index in [1.54, 1.807) is 5.48 Å². The maximum absolute atomic E-state index is 12.1. The molecule has 1 amide bonds. The summed E-state index contributed by atoms with van der Waals surface area (Å²) < 4.78 is 45.8. The van der Waals surface area contributed by atoms with Gasteiger partial charge in [0.15, 0.2) is 0 Å². The Labute approximate surface area is 136 Å². The third kappa shape index (κ3) is 6.32. The highest BCUT2D eigenvalue weighted by Crippen LogP contribution is 2.17. The maximum Gasteiger partial charge on any atom is 0.492 e. The highest BCUT2D eigenvalue weighted by Gasteiger charge is 2.42. The van der Waals surface area contributed by atoms with Crippen molar-refractivity contribution < 1.29 is 41.9 Å². The Morgan fingerprint density at radius 3 is 2.33 bits per heavy atom. The van der Waals surface area contributed by atoms with Gasteiger partial charge in [-0.25, -0.2) is 9.59 Å². The van der Waals surface area contributed by atoms with E-state index in [-0.39, 0.29) is 12.7 Å². The second kappa shape index (κ2) is 8.83. The molecule has 0 unspecified atom stereocenters. The fourth-order valence-electron chi connectivity index (χ4n) is 2.01. The summed E-state index contributed by atoms with van der Waals surface area (Å²) in [6, 6.07) is -1.12. The SMILES string of the molecule is COC(=O)COC1CCN(C(=O)[C@H](C)NOC(=O)C(F)(F)F)CC1. The number of esters is 1. The number of hydrogen-bond donors (Lipinski definition) is 1. The molecule has 1 aliphatic heterocycles. The van der Waals surface area contributed by atoms with Gasteiger partial charge in [-0.1, -0.05) is 0 Å². The molecular formula is C13H19F3N2O6. The molecule has 11 heteroatoms. The predicted octanol–water partition coefficient (Wildman–Crippen LogP) is 0.166. The van der Waals surface area contributed by atoms with E-state index >= 15 is 0 Å². The number of amides is 1. The van der Waals surface area contributed by atoms with E-state index in [2.05, 4.69) is 9.57 Å². The quantitative estimate of drug-likeness (QED) is 0.535. The van der Waals surface area contributed by atoms with E-state index in [9.17, 15) is 27.6 Å². The van der Waals surface area contributed by atoms with E-state index < -0.39 is 30.1 Å². The van der Waals surface area contributed by atoms with Crippen LogP contribution in [0, 0.1) is 0 Å². The van der Waals surface area contributed by atoms with Crippen LogP contribution in [0.4, 0.5) is 13.2 Å². The maximum atomic E-state index is 12.1. The zero-order chi connectivity index (χ0) is 18.3. The third-order valence-corrected chi connectivity index (χ3v) is 3.35. The average Bonchev–Trinajstić information content (AvgIpc) is 2.55. The van der Waals surface area contributed by atoms with E-state index in [1.807, 2.05) is 0 Å². The zero-order valence-electron chi connectivity index (χ0n) is 13.2. The first-order valence-electron chi connectivity index (χ1n) is 7.16. The number of likely N-dealkylation sites (tertiary alicyclic amines) is 1. The second-order valence-electron chi connectivity index (χ2n) is 5.14. The molecule has 0 aromatic heterocycles. The summed E-state index contributed by atoms with van der Waals surface area (Å²) in [7, 11) is 1.24. The molecule has 0 bridgehead atoms. The Morgan fingerprint density at radius 2 is 1.83 bits per heavy atom. The lowest BCUT2D eigenvalue weighted by atomic mass is 10.1. The minimum Gasteiger partial charge on any atom is -0.467 e. The van der Waals surface area contributed by atoms with Gasteiger partial charge in [0.25, 0.3) is 0 Å². The van der Waals surface area contributed by atoms with Crippen LogP contribution in [-0.2, 0) is 28.7 Å². The highest BCUT2D eigenvalue weighted by atomic mass is 19.4. The number of hydrogen-bond acceptors (Lipinski definition) is 7. The van der Waals surface area contributed by atoms with Crippen LogP contribution < -0.4 is 5.48 Å². The van der Waals surface area contributed by atoms with Crippen molar-refractivity contribution in [2.75, 3.05) is 26.8 Å². The van der Waals surface area contributed by atoms with E-state index in [4.69, 9.17) is 4.74 Å². The molecule has 1 fully saturated rings. The molecular weight excluding hydrogens is 337 g/mol. The van der Waals surface area contributed by atoms with Crippen molar-refractivity contribution in [3.8, 4) is 0 Å². The number of alkyl halides is 3. The summed E-state index contributed by atoms with van der Waals surface area (Å²) in [4.78, 5) is 38.9. The molecule has 1 aliphatic rings. The van der Waals surface area contributed by atoms with Crippen molar-refractivity contribution in [1.82, 2.24) is 10.4 Å². The van der Waals surface area contributed by atoms with Gasteiger partial charge in [0, 0.05) is 13.1 Å². The first-order chi connectivity index (χ1) is 11.1. The van der Waals surface area contributed by atoms with Crippen molar-refractivity contribution in [1.29, 1.82) is 0 Å². The molecule has 0 radical (unpaired) electrons. The Hall–Kier alpha value is -1.88. The van der Waals surface area contributed by atoms with Crippen LogP contribution in [0.2, 0.25) is 0 Å². The molecule has 1 atom stereocenters. The number of carbonyl (C=O) groups excluding carboxylic acids is 3. The third-order valence-electron chi connectivity index (χ3n) is 3.35. The molecule has 1 saturated heterocycles. The molecule has 1 rings (SSSR count). The normalized spacial score (nSPS) is 17.3. The molecule has 1 heterocycles. The number of methoxy groups -OCH3 is 1. The van der Waals surface area contributed by atoms with Gasteiger partial charge in [0.05, 0.1) is 13.2 Å². The van der Waals surface area contributed by atoms with Crippen LogP contribution in [0.3, 0.4) is 0 Å². The fraction of sp³-hybridized carbons (Fsp3) is 0.769. The predicted molar refractivity (Wildman–Crippen MR) is 72.3 cm³/mol. The molecule has 24 heavy (non-hydrogen) atoms. The van der Waals surface area contributed by atoms with Crippen LogP contribution in [0.15, 0.2) is 0 Å². The highest BCUT2D eigenvalue weighted by molar-refractivity contribution is 5.82. The van der Waals surface area contributed by atoms with Gasteiger partial charge >= 0.3 is 18.1 Å². The molecule has 0 aliphatic carbocycles. The fourth-order valence-corrected chi connectivity index (χ4v) is 2.01. The minimum atomic E-state index is -5.13. The van der Waals surface area contributed by atoms with Crippen molar-refractivity contribution >= 4 is 17.8 Å². The van der Waals surface area contributed by atoms with Gasteiger partial charge in [-0.3, -0.25) is 4.79 Å². The monoisotopic (exact) mass is 356 g/mol. The smallest absolute Gasteiger partial charge is 0.467 e. The summed E-state index contributed by atoms with van der Waals surface area (Å²) in [6.45, 7) is 1.72. The topological polar surface area (TPSA) is 94.2 Å². The van der Waals surface area contributed by atoms with Crippen molar-refractivity contribution in [2.24, 2.45) is 0 Å². The number of hydroxylamine groups is 1. The van der Waals surface area contributed by atoms with Crippen LogP contribution in [0.1, 0.15) is 19.8 Å². The summed E-state index contributed by atoms with van der Waals surface area (Å²) in [5.41, 5.74) is 1.79. The van der Waals surface area contributed by atoms with Crippen molar-refractivity contribution in [3.05, 3.63) is 0 Å². The van der Waals surface area contributed by atoms with E-state index in [0.717, 1.165) is 0 Å². The molecule has 8 nitrogen and oxygen atoms in total. The molecule has 1 N–H and O–H groups in total. The number of rotatable bonds is 6. The number of ether oxygens (including phenoxy) is 2. The second-order valence-corrected chi connectivity index (χ2v) is 5.14. The van der Waals surface area contributed by atoms with E-state index in [1.165, 1.54) is 18.9 Å². The van der Waals surface area contributed by atoms with Gasteiger partial charge in [-0.05, 0) is 19.8 Å². The van der Waals surface area contributed by atoms with Crippen LogP contribution in [0.25, 0.3) is 0 Å². The van der Waals surface area contributed by atoms with E-state index in [0.29, 0.717) is 25.9 Å². The summed E-state index contributed by atoms with van der Waals surface area (Å²) >= 11 is 0. The number of piperidine rings is 1. The molecule has 0 saturated carbocycles. The molecule has 0 aromatic carbocycles. The van der Waals surface area contributed by atoms with Gasteiger partial charge < -0.3 is 19.2 Å². The Bertz CT molecular complexity index is 463. The first kappa shape index (κ1) is 20.2. The largest absolute Gasteiger partial charge is 0.492 e. The Balaban J connectivity index is 2.34. The zero-order valence-corrected chi connectivity index (χ0v) is 13.2. The lowest BCUT2D eigenvalue weighted by molar-refractivity contribution is -0.208. The van der Waals surface area contributed by atoms with Crippen molar-refractivity contribution in [2.45, 2.75) is 38.1 Å². The Morgan fingerprint density at radius 1 is 1.25 bits per heavy atom. The van der Waals surface area contributed by atoms with Crippen LogP contribution >= 0.6 is 0 Å². The van der Waals surface area contributed by atoms with Crippen molar-refractivity contribution in [3.63, 3.8) is 0 Å². The van der Waals surface area contributed by atoms with Gasteiger partial charge in [0.2, 0.25) is 5.91 Å². The molecule has 0 aromatic rings. The number of carbonyl (C=O) groups is 3. The summed E-state index contributed by atoms with van der Waals surface area (Å²) in [5, 5.41) is 0. The number of nitrogens with one attached hydrogen (secondary N) is 1. The van der Waals surface area contributed by atoms with Gasteiger partial charge in [0.1, 0.15) is 12.6 Å². The summed E-state index contributed by atoms with van der Waals surface area (Å²) in [6.07, 6.45) is -4.40. The lowest BCUT2D eigenvalue weighted by Crippen LogP contribution is -2.50. The number of halogens is 3. The standard InChI is InChI=1S/C13H19F3N2O6/c1-8(17-24-12(21)13(14,15)16)11(20)18-5-3-9(4-6-18)23-7-10(19)22-2/h8-9,17H,3-7H2,1-2H3/t8-/m0/s1. The first-order valence-corrected chi connectivity index (χ1v) is 7.16. The summed E-state index contributed by atoms with van der Waals surface area (Å²) in [5.74, 6) is -3.42. The average molecular weight is 356 g/mol. The van der Waals surface area contributed by atoms with Gasteiger partial charge in [-0.2, -0.15) is 13.2 Å². The number of nitrogens with zero attached hydrogens (tertiary/aromatic N) is 1. The Kier molecular flexibility index (Phi) is 7.42. The lowest BCUT2D eigenvalue weighted by Gasteiger charge is -2.33. The van der Waals surface area contributed by atoms with Crippen LogP contribution in [0.5, 0.6) is 0 Å². The molecule has 0 spiro atoms. The minimum absolute atomic E-state index is 0.180. The van der Waals surface area contributed by atoms with Crippen LogP contribution in [-0.4, -0.2) is 67.9 Å².